The van der Waals surface area contributed by atoms with E-state index in [0.29, 0.717) is 6.04 Å². The highest BCUT2D eigenvalue weighted by Gasteiger charge is 2.09. The van der Waals surface area contributed by atoms with Crippen molar-refractivity contribution in [2.75, 3.05) is 14.1 Å². The van der Waals surface area contributed by atoms with Crippen LogP contribution in [0.2, 0.25) is 0 Å². The lowest BCUT2D eigenvalue weighted by Crippen LogP contribution is -2.16. The van der Waals surface area contributed by atoms with Gasteiger partial charge in [-0.3, -0.25) is 0 Å². The van der Waals surface area contributed by atoms with Crippen molar-refractivity contribution in [3.63, 3.8) is 0 Å². The average Bonchev–Trinajstić information content (AvgIpc) is 2.75. The van der Waals surface area contributed by atoms with Crippen molar-refractivity contribution in [3.8, 4) is 10.6 Å². The molecule has 2 aromatic rings. The molecule has 2 rings (SSSR count). The molecule has 0 aliphatic rings. The van der Waals surface area contributed by atoms with E-state index in [9.17, 15) is 0 Å². The molecule has 0 fully saturated rings. The van der Waals surface area contributed by atoms with Gasteiger partial charge in [-0.25, -0.2) is 0 Å². The monoisotopic (exact) mass is 247 g/mol. The maximum Gasteiger partial charge on any atom is 0.147 e. The lowest BCUT2D eigenvalue weighted by atomic mass is 10.1. The summed E-state index contributed by atoms with van der Waals surface area (Å²) in [4.78, 5) is 2.20. The highest BCUT2D eigenvalue weighted by Crippen LogP contribution is 2.25. The summed E-state index contributed by atoms with van der Waals surface area (Å²) in [5.41, 5.74) is 2.46. The van der Waals surface area contributed by atoms with Crippen LogP contribution in [-0.2, 0) is 0 Å². The van der Waals surface area contributed by atoms with Gasteiger partial charge in [-0.15, -0.1) is 10.2 Å². The Balaban J connectivity index is 2.24. The van der Waals surface area contributed by atoms with Crippen LogP contribution in [0.25, 0.3) is 10.6 Å². The smallest absolute Gasteiger partial charge is 0.147 e. The van der Waals surface area contributed by atoms with Crippen molar-refractivity contribution in [2.45, 2.75) is 19.9 Å². The molecule has 0 N–H and O–H groups in total. The van der Waals surface area contributed by atoms with Crippen LogP contribution in [0.1, 0.15) is 23.5 Å². The molecule has 0 radical (unpaired) electrons. The van der Waals surface area contributed by atoms with E-state index in [-0.39, 0.29) is 0 Å². The molecule has 1 aromatic carbocycles. The normalized spacial score (nSPS) is 13.0. The molecule has 0 bridgehead atoms. The summed E-state index contributed by atoms with van der Waals surface area (Å²) in [6, 6.07) is 9.00. The largest absolute Gasteiger partial charge is 0.303 e. The number of nitrogens with zero attached hydrogens (tertiary/aromatic N) is 3. The summed E-state index contributed by atoms with van der Waals surface area (Å²) in [6.45, 7) is 4.17. The molecule has 1 heterocycles. The minimum absolute atomic E-state index is 0.431. The number of hydrogen-bond acceptors (Lipinski definition) is 4. The highest BCUT2D eigenvalue weighted by molar-refractivity contribution is 7.14. The van der Waals surface area contributed by atoms with E-state index in [4.69, 9.17) is 0 Å². The van der Waals surface area contributed by atoms with E-state index in [1.807, 2.05) is 6.92 Å². The van der Waals surface area contributed by atoms with Crippen LogP contribution in [-0.4, -0.2) is 29.2 Å². The molecular formula is C13H17N3S. The molecule has 0 spiro atoms. The second-order valence-electron chi connectivity index (χ2n) is 4.39. The molecular weight excluding hydrogens is 230 g/mol. The maximum absolute atomic E-state index is 4.15. The second kappa shape index (κ2) is 4.94. The zero-order chi connectivity index (χ0) is 12.4. The van der Waals surface area contributed by atoms with Gasteiger partial charge in [0.25, 0.3) is 0 Å². The minimum atomic E-state index is 0.431. The van der Waals surface area contributed by atoms with Crippen LogP contribution >= 0.6 is 11.3 Å². The zero-order valence-corrected chi connectivity index (χ0v) is 11.5. The fraction of sp³-hybridized carbons (Fsp3) is 0.385. The third kappa shape index (κ3) is 2.70. The van der Waals surface area contributed by atoms with E-state index in [1.54, 1.807) is 11.3 Å². The van der Waals surface area contributed by atoms with Gasteiger partial charge >= 0.3 is 0 Å². The molecule has 0 aliphatic carbocycles. The predicted octanol–water partition coefficient (Wildman–Crippen LogP) is 3.14. The molecule has 1 aromatic heterocycles. The summed E-state index contributed by atoms with van der Waals surface area (Å²) < 4.78 is 0. The first-order valence-electron chi connectivity index (χ1n) is 5.65. The molecule has 1 atom stereocenters. The van der Waals surface area contributed by atoms with Gasteiger partial charge in [-0.1, -0.05) is 35.6 Å². The second-order valence-corrected chi connectivity index (χ2v) is 5.57. The van der Waals surface area contributed by atoms with E-state index in [1.165, 1.54) is 5.56 Å². The number of aromatic nitrogens is 2. The Morgan fingerprint density at radius 1 is 1.12 bits per heavy atom. The lowest BCUT2D eigenvalue weighted by Gasteiger charge is -2.20. The van der Waals surface area contributed by atoms with Crippen molar-refractivity contribution in [1.29, 1.82) is 0 Å². The molecule has 0 aliphatic heterocycles. The predicted molar refractivity (Wildman–Crippen MR) is 72.2 cm³/mol. The quantitative estimate of drug-likeness (QED) is 0.834. The summed E-state index contributed by atoms with van der Waals surface area (Å²) in [5.74, 6) is 0. The number of benzene rings is 1. The van der Waals surface area contributed by atoms with E-state index in [2.05, 4.69) is 60.4 Å². The van der Waals surface area contributed by atoms with E-state index in [0.717, 1.165) is 15.6 Å². The molecule has 0 saturated heterocycles. The van der Waals surface area contributed by atoms with Crippen LogP contribution in [0.3, 0.4) is 0 Å². The Morgan fingerprint density at radius 3 is 2.24 bits per heavy atom. The van der Waals surface area contributed by atoms with E-state index < -0.39 is 0 Å². The standard InChI is InChI=1S/C13H17N3S/c1-9(16(3)4)11-5-7-12(8-6-11)13-15-14-10(2)17-13/h5-9H,1-4H3. The Bertz CT molecular complexity index is 488. The maximum atomic E-state index is 4.15. The summed E-state index contributed by atoms with van der Waals surface area (Å²) in [5, 5.41) is 10.2. The van der Waals surface area contributed by atoms with Crippen molar-refractivity contribution in [2.24, 2.45) is 0 Å². The van der Waals surface area contributed by atoms with Gasteiger partial charge in [0.2, 0.25) is 0 Å². The molecule has 90 valence electrons. The number of hydrogen-bond donors (Lipinski definition) is 0. The summed E-state index contributed by atoms with van der Waals surface area (Å²) >= 11 is 1.63. The van der Waals surface area contributed by atoms with Gasteiger partial charge < -0.3 is 4.90 Å². The van der Waals surface area contributed by atoms with Crippen LogP contribution in [0.5, 0.6) is 0 Å². The van der Waals surface area contributed by atoms with Crippen LogP contribution in [0.4, 0.5) is 0 Å². The van der Waals surface area contributed by atoms with Gasteiger partial charge in [0.15, 0.2) is 0 Å². The summed E-state index contributed by atoms with van der Waals surface area (Å²) in [7, 11) is 4.18. The van der Waals surface area contributed by atoms with Crippen molar-refractivity contribution in [1.82, 2.24) is 15.1 Å². The Labute approximate surface area is 106 Å². The Hall–Kier alpha value is -1.26. The Morgan fingerprint density at radius 2 is 1.76 bits per heavy atom. The molecule has 3 nitrogen and oxygen atoms in total. The number of rotatable bonds is 3. The van der Waals surface area contributed by atoms with Crippen LogP contribution in [0, 0.1) is 6.92 Å². The first kappa shape index (κ1) is 12.2. The topological polar surface area (TPSA) is 29.0 Å². The third-order valence-electron chi connectivity index (χ3n) is 2.94. The van der Waals surface area contributed by atoms with Crippen molar-refractivity contribution in [3.05, 3.63) is 34.8 Å². The van der Waals surface area contributed by atoms with Gasteiger partial charge in [-0.2, -0.15) is 0 Å². The average molecular weight is 247 g/mol. The molecule has 17 heavy (non-hydrogen) atoms. The van der Waals surface area contributed by atoms with Gasteiger partial charge in [0, 0.05) is 11.6 Å². The fourth-order valence-corrected chi connectivity index (χ4v) is 2.31. The Kier molecular flexibility index (Phi) is 3.54. The fourth-order valence-electron chi connectivity index (χ4n) is 1.62. The summed E-state index contributed by atoms with van der Waals surface area (Å²) in [6.07, 6.45) is 0. The van der Waals surface area contributed by atoms with Crippen molar-refractivity contribution < 1.29 is 0 Å². The molecule has 4 heteroatoms. The first-order chi connectivity index (χ1) is 8.08. The minimum Gasteiger partial charge on any atom is -0.303 e. The zero-order valence-electron chi connectivity index (χ0n) is 10.6. The van der Waals surface area contributed by atoms with Crippen molar-refractivity contribution >= 4 is 11.3 Å². The lowest BCUT2D eigenvalue weighted by molar-refractivity contribution is 0.321. The highest BCUT2D eigenvalue weighted by atomic mass is 32.1. The van der Waals surface area contributed by atoms with Gasteiger partial charge in [-0.05, 0) is 33.5 Å². The van der Waals surface area contributed by atoms with Gasteiger partial charge in [0.05, 0.1) is 0 Å². The third-order valence-corrected chi connectivity index (χ3v) is 3.83. The molecule has 0 amide bonds. The number of aryl methyl sites for hydroxylation is 1. The van der Waals surface area contributed by atoms with Crippen LogP contribution in [0.15, 0.2) is 24.3 Å². The molecule has 1 unspecified atom stereocenters. The molecule has 0 saturated carbocycles. The first-order valence-corrected chi connectivity index (χ1v) is 6.46. The van der Waals surface area contributed by atoms with Crippen LogP contribution < -0.4 is 0 Å². The van der Waals surface area contributed by atoms with Gasteiger partial charge in [0.1, 0.15) is 10.0 Å². The SMILES string of the molecule is Cc1nnc(-c2ccc(C(C)N(C)C)cc2)s1. The van der Waals surface area contributed by atoms with E-state index >= 15 is 0 Å².